The smallest absolute Gasteiger partial charge is 0.329 e. The van der Waals surface area contributed by atoms with Crippen LogP contribution in [0.1, 0.15) is 34.5 Å². The lowest BCUT2D eigenvalue weighted by atomic mass is 9.98. The van der Waals surface area contributed by atoms with Crippen LogP contribution < -0.4 is 5.32 Å². The minimum Gasteiger partial charge on any atom is -0.329 e. The predicted octanol–water partition coefficient (Wildman–Crippen LogP) is 2.62. The number of alkyl halides is 3. The highest BCUT2D eigenvalue weighted by molar-refractivity contribution is 6.01. The van der Waals surface area contributed by atoms with Crippen molar-refractivity contribution in [2.75, 3.05) is 13.1 Å². The monoisotopic (exact) mass is 306 g/mol. The predicted molar refractivity (Wildman–Crippen MR) is 69.9 cm³/mol. The molecule has 1 N–H and O–H groups in total. The Bertz CT molecular complexity index is 547. The number of halogens is 4. The van der Waals surface area contributed by atoms with Gasteiger partial charge >= 0.3 is 6.18 Å². The topological polar surface area (TPSA) is 32.3 Å². The Morgan fingerprint density at radius 3 is 2.70 bits per heavy atom. The summed E-state index contributed by atoms with van der Waals surface area (Å²) < 4.78 is 39.0. The molecule has 20 heavy (non-hydrogen) atoms. The molecule has 0 saturated carbocycles. The summed E-state index contributed by atoms with van der Waals surface area (Å²) in [5.41, 5.74) is -0.507. The van der Waals surface area contributed by atoms with Gasteiger partial charge < -0.3 is 10.2 Å². The van der Waals surface area contributed by atoms with E-state index in [-0.39, 0.29) is 30.1 Å². The molecule has 1 fully saturated rings. The first-order valence-electron chi connectivity index (χ1n) is 6.14. The SMILES string of the molecule is C[C@@H]1CN2C(=O)c3c(cccc3C(F)(F)F)[C@H]2CN1.Cl. The molecule has 7 heteroatoms. The fourth-order valence-electron chi connectivity index (χ4n) is 2.88. The van der Waals surface area contributed by atoms with Gasteiger partial charge in [0, 0.05) is 19.1 Å². The molecule has 3 nitrogen and oxygen atoms in total. The Morgan fingerprint density at radius 2 is 2.05 bits per heavy atom. The summed E-state index contributed by atoms with van der Waals surface area (Å²) in [5, 5.41) is 3.20. The van der Waals surface area contributed by atoms with Crippen LogP contribution in [0.25, 0.3) is 0 Å². The first kappa shape index (κ1) is 15.1. The number of hydrogen-bond acceptors (Lipinski definition) is 2. The molecule has 0 spiro atoms. The van der Waals surface area contributed by atoms with Crippen molar-refractivity contribution in [2.45, 2.75) is 25.2 Å². The van der Waals surface area contributed by atoms with E-state index in [1.807, 2.05) is 6.92 Å². The molecule has 0 aromatic heterocycles. The van der Waals surface area contributed by atoms with E-state index in [4.69, 9.17) is 0 Å². The summed E-state index contributed by atoms with van der Waals surface area (Å²) in [4.78, 5) is 13.8. The third kappa shape index (κ3) is 2.16. The molecular formula is C13H14ClF3N2O. The maximum absolute atomic E-state index is 13.0. The van der Waals surface area contributed by atoms with E-state index >= 15 is 0 Å². The van der Waals surface area contributed by atoms with Gasteiger partial charge in [0.1, 0.15) is 0 Å². The molecule has 1 aromatic rings. The van der Waals surface area contributed by atoms with Crippen molar-refractivity contribution < 1.29 is 18.0 Å². The lowest BCUT2D eigenvalue weighted by Crippen LogP contribution is -2.50. The van der Waals surface area contributed by atoms with Gasteiger partial charge in [0.25, 0.3) is 5.91 Å². The zero-order valence-corrected chi connectivity index (χ0v) is 11.5. The number of carbonyl (C=O) groups is 1. The van der Waals surface area contributed by atoms with Crippen LogP contribution >= 0.6 is 12.4 Å². The van der Waals surface area contributed by atoms with Crippen LogP contribution in [0.3, 0.4) is 0 Å². The van der Waals surface area contributed by atoms with Crippen molar-refractivity contribution >= 4 is 18.3 Å². The van der Waals surface area contributed by atoms with Crippen molar-refractivity contribution in [1.82, 2.24) is 10.2 Å². The van der Waals surface area contributed by atoms with E-state index < -0.39 is 17.6 Å². The molecule has 2 atom stereocenters. The van der Waals surface area contributed by atoms with Gasteiger partial charge in [0.05, 0.1) is 17.2 Å². The largest absolute Gasteiger partial charge is 0.417 e. The van der Waals surface area contributed by atoms with Gasteiger partial charge in [-0.3, -0.25) is 4.79 Å². The summed E-state index contributed by atoms with van der Waals surface area (Å²) in [6.45, 7) is 2.86. The second-order valence-corrected chi connectivity index (χ2v) is 5.05. The molecule has 3 rings (SSSR count). The Labute approximate surface area is 120 Å². The summed E-state index contributed by atoms with van der Waals surface area (Å²) in [6.07, 6.45) is -4.49. The van der Waals surface area contributed by atoms with E-state index in [0.29, 0.717) is 18.7 Å². The maximum atomic E-state index is 13.0. The van der Waals surface area contributed by atoms with Crippen LogP contribution in [0.2, 0.25) is 0 Å². The van der Waals surface area contributed by atoms with Gasteiger partial charge in [-0.2, -0.15) is 13.2 Å². The number of hydrogen-bond donors (Lipinski definition) is 1. The summed E-state index contributed by atoms with van der Waals surface area (Å²) in [6, 6.07) is 3.79. The van der Waals surface area contributed by atoms with Gasteiger partial charge in [-0.1, -0.05) is 12.1 Å². The zero-order valence-electron chi connectivity index (χ0n) is 10.7. The average Bonchev–Trinajstić information content (AvgIpc) is 2.62. The van der Waals surface area contributed by atoms with Gasteiger partial charge in [-0.15, -0.1) is 12.4 Å². The highest BCUT2D eigenvalue weighted by Crippen LogP contribution is 2.42. The third-order valence-corrected chi connectivity index (χ3v) is 3.74. The number of rotatable bonds is 0. The molecule has 2 aliphatic rings. The molecule has 110 valence electrons. The van der Waals surface area contributed by atoms with E-state index in [9.17, 15) is 18.0 Å². The molecule has 1 amide bonds. The van der Waals surface area contributed by atoms with Crippen molar-refractivity contribution in [1.29, 1.82) is 0 Å². The molecule has 0 unspecified atom stereocenters. The summed E-state index contributed by atoms with van der Waals surface area (Å²) in [5.74, 6) is -0.499. The number of amides is 1. The third-order valence-electron chi connectivity index (χ3n) is 3.74. The number of nitrogens with one attached hydrogen (secondary N) is 1. The molecule has 2 heterocycles. The average molecular weight is 307 g/mol. The normalized spacial score (nSPS) is 25.0. The molecule has 0 radical (unpaired) electrons. The first-order chi connectivity index (χ1) is 8.89. The molecule has 0 bridgehead atoms. The minimum absolute atomic E-state index is 0. The number of nitrogens with zero attached hydrogens (tertiary/aromatic N) is 1. The lowest BCUT2D eigenvalue weighted by molar-refractivity contribution is -0.137. The Hall–Kier alpha value is -1.27. The first-order valence-corrected chi connectivity index (χ1v) is 6.14. The number of benzene rings is 1. The van der Waals surface area contributed by atoms with Crippen LogP contribution in [0, 0.1) is 0 Å². The van der Waals surface area contributed by atoms with Crippen LogP contribution in [0.15, 0.2) is 18.2 Å². The Kier molecular flexibility index (Phi) is 3.73. The fraction of sp³-hybridized carbons (Fsp3) is 0.462. The second kappa shape index (κ2) is 4.93. The Balaban J connectivity index is 0.00000147. The van der Waals surface area contributed by atoms with Gasteiger partial charge in [0.15, 0.2) is 0 Å². The van der Waals surface area contributed by atoms with Gasteiger partial charge in [0.2, 0.25) is 0 Å². The Morgan fingerprint density at radius 1 is 1.35 bits per heavy atom. The number of piperazine rings is 1. The maximum Gasteiger partial charge on any atom is 0.417 e. The van der Waals surface area contributed by atoms with Crippen LogP contribution in [0.5, 0.6) is 0 Å². The van der Waals surface area contributed by atoms with E-state index in [1.165, 1.54) is 6.07 Å². The van der Waals surface area contributed by atoms with E-state index in [2.05, 4.69) is 5.32 Å². The van der Waals surface area contributed by atoms with E-state index in [1.54, 1.807) is 11.0 Å². The van der Waals surface area contributed by atoms with Gasteiger partial charge in [-0.05, 0) is 18.6 Å². The highest BCUT2D eigenvalue weighted by atomic mass is 35.5. The molecule has 1 aromatic carbocycles. The zero-order chi connectivity index (χ0) is 13.8. The molecular weight excluding hydrogens is 293 g/mol. The quantitative estimate of drug-likeness (QED) is 0.799. The second-order valence-electron chi connectivity index (χ2n) is 5.05. The molecule has 2 aliphatic heterocycles. The lowest BCUT2D eigenvalue weighted by Gasteiger charge is -2.34. The van der Waals surface area contributed by atoms with Crippen LogP contribution in [-0.2, 0) is 6.18 Å². The standard InChI is InChI=1S/C13H13F3N2O.ClH/c1-7-6-18-10(5-17-7)8-3-2-4-9(13(14,15)16)11(8)12(18)19;/h2-4,7,10,17H,5-6H2,1H3;1H/t7-,10-;/m1./s1. The fourth-order valence-corrected chi connectivity index (χ4v) is 2.88. The van der Waals surface area contributed by atoms with Crippen LogP contribution in [0.4, 0.5) is 13.2 Å². The number of carbonyl (C=O) groups excluding carboxylic acids is 1. The molecule has 0 aliphatic carbocycles. The van der Waals surface area contributed by atoms with E-state index in [0.717, 1.165) is 6.07 Å². The van der Waals surface area contributed by atoms with Gasteiger partial charge in [-0.25, -0.2) is 0 Å². The minimum atomic E-state index is -4.49. The molecule has 1 saturated heterocycles. The van der Waals surface area contributed by atoms with Crippen molar-refractivity contribution in [3.05, 3.63) is 34.9 Å². The highest BCUT2D eigenvalue weighted by Gasteiger charge is 2.45. The van der Waals surface area contributed by atoms with Crippen LogP contribution in [-0.4, -0.2) is 29.9 Å². The van der Waals surface area contributed by atoms with Crippen molar-refractivity contribution in [3.63, 3.8) is 0 Å². The van der Waals surface area contributed by atoms with Crippen molar-refractivity contribution in [2.24, 2.45) is 0 Å². The van der Waals surface area contributed by atoms with Crippen molar-refractivity contribution in [3.8, 4) is 0 Å². The summed E-state index contributed by atoms with van der Waals surface area (Å²) in [7, 11) is 0. The summed E-state index contributed by atoms with van der Waals surface area (Å²) >= 11 is 0. The number of fused-ring (bicyclic) bond motifs is 3.